The molecule has 1 atom stereocenters. The number of aromatic nitrogens is 4. The van der Waals surface area contributed by atoms with E-state index in [0.717, 1.165) is 28.9 Å². The molecule has 1 unspecified atom stereocenters. The highest BCUT2D eigenvalue weighted by Gasteiger charge is 2.36. The predicted octanol–water partition coefficient (Wildman–Crippen LogP) is 3.17. The van der Waals surface area contributed by atoms with Crippen LogP contribution in [0.4, 0.5) is 0 Å². The maximum absolute atomic E-state index is 12.4. The van der Waals surface area contributed by atoms with Gasteiger partial charge in [-0.1, -0.05) is 31.2 Å². The minimum absolute atomic E-state index is 0.252. The summed E-state index contributed by atoms with van der Waals surface area (Å²) in [6.45, 7) is 10.9. The molecular weight excluding hydrogens is 404 g/mol. The van der Waals surface area contributed by atoms with Crippen molar-refractivity contribution in [3.8, 4) is 11.4 Å². The van der Waals surface area contributed by atoms with Crippen LogP contribution in [0.5, 0.6) is 5.75 Å². The molecule has 3 aromatic rings. The molecule has 0 saturated heterocycles. The van der Waals surface area contributed by atoms with E-state index in [0.29, 0.717) is 12.3 Å². The van der Waals surface area contributed by atoms with Gasteiger partial charge in [0.15, 0.2) is 0 Å². The van der Waals surface area contributed by atoms with Crippen LogP contribution in [0.15, 0.2) is 52.5 Å². The van der Waals surface area contributed by atoms with Gasteiger partial charge in [-0.2, -0.15) is 9.36 Å². The number of aryl methyl sites for hydroxylation is 3. The average molecular weight is 435 g/mol. The van der Waals surface area contributed by atoms with Crippen LogP contribution < -0.4 is 21.3 Å². The molecule has 0 spiro atoms. The molecule has 1 aliphatic heterocycles. The van der Waals surface area contributed by atoms with E-state index in [2.05, 4.69) is 61.1 Å². The summed E-state index contributed by atoms with van der Waals surface area (Å²) in [5.74, 6) is 0.808. The van der Waals surface area contributed by atoms with Gasteiger partial charge in [-0.25, -0.2) is 10.2 Å². The molecule has 2 heterocycles. The number of hydrazine groups is 1. The molecule has 2 N–H and O–H groups in total. The molecule has 8 nitrogen and oxygen atoms in total. The normalized spacial score (nSPS) is 18.2. The van der Waals surface area contributed by atoms with Crippen LogP contribution in [0.3, 0.4) is 0 Å². The molecule has 0 radical (unpaired) electrons. The number of allylic oxidation sites excluding steroid dienone is 1. The maximum atomic E-state index is 12.4. The summed E-state index contributed by atoms with van der Waals surface area (Å²) in [5.41, 5.74) is 13.5. The Morgan fingerprint density at radius 3 is 2.53 bits per heavy atom. The molecule has 2 aromatic carbocycles. The lowest BCUT2D eigenvalue weighted by atomic mass is 9.83. The predicted molar refractivity (Wildman–Crippen MR) is 123 cm³/mol. The fourth-order valence-electron chi connectivity index (χ4n) is 4.42. The van der Waals surface area contributed by atoms with Crippen molar-refractivity contribution in [3.63, 3.8) is 0 Å². The molecule has 0 fully saturated rings. The first kappa shape index (κ1) is 21.8. The number of hydrogen-bond donors (Lipinski definition) is 2. The minimum Gasteiger partial charge on any atom is -0.489 e. The van der Waals surface area contributed by atoms with Crippen molar-refractivity contribution in [2.45, 2.75) is 53.2 Å². The van der Waals surface area contributed by atoms with Crippen molar-refractivity contribution < 1.29 is 4.74 Å². The van der Waals surface area contributed by atoms with Gasteiger partial charge in [0.25, 0.3) is 0 Å². The summed E-state index contributed by atoms with van der Waals surface area (Å²) in [6, 6.07) is 12.1. The van der Waals surface area contributed by atoms with Gasteiger partial charge in [0, 0.05) is 18.3 Å². The van der Waals surface area contributed by atoms with Gasteiger partial charge in [-0.05, 0) is 78.9 Å². The Balaban J connectivity index is 1.61. The second kappa shape index (κ2) is 8.27. The molecule has 0 aliphatic carbocycles. The van der Waals surface area contributed by atoms with Crippen molar-refractivity contribution >= 4 is 0 Å². The number of tetrazole rings is 1. The third-order valence-corrected chi connectivity index (χ3v) is 6.37. The van der Waals surface area contributed by atoms with Gasteiger partial charge in [0.05, 0.1) is 11.2 Å². The zero-order chi connectivity index (χ0) is 23.0. The fraction of sp³-hybridized carbons (Fsp3) is 0.375. The second-order valence-electron chi connectivity index (χ2n) is 8.47. The summed E-state index contributed by atoms with van der Waals surface area (Å²) in [4.78, 5) is 12.4. The minimum atomic E-state index is -0.293. The monoisotopic (exact) mass is 434 g/mol. The molecule has 0 saturated carbocycles. The smallest absolute Gasteiger partial charge is 0.368 e. The van der Waals surface area contributed by atoms with E-state index in [9.17, 15) is 4.79 Å². The first-order chi connectivity index (χ1) is 15.3. The van der Waals surface area contributed by atoms with Crippen LogP contribution in [-0.2, 0) is 19.2 Å². The Labute approximate surface area is 187 Å². The van der Waals surface area contributed by atoms with Crippen LogP contribution in [0.2, 0.25) is 0 Å². The van der Waals surface area contributed by atoms with E-state index in [1.807, 2.05) is 31.2 Å². The average Bonchev–Trinajstić information content (AvgIpc) is 3.26. The molecule has 1 aliphatic rings. The second-order valence-corrected chi connectivity index (χ2v) is 8.47. The summed E-state index contributed by atoms with van der Waals surface area (Å²) < 4.78 is 8.74. The summed E-state index contributed by atoms with van der Waals surface area (Å²) in [5, 5.41) is 7.82. The molecular formula is C24H30N6O2. The van der Waals surface area contributed by atoms with Gasteiger partial charge >= 0.3 is 5.69 Å². The summed E-state index contributed by atoms with van der Waals surface area (Å²) in [6.07, 6.45) is 0.970. The molecule has 0 bridgehead atoms. The fourth-order valence-corrected chi connectivity index (χ4v) is 4.42. The molecule has 168 valence electrons. The number of rotatable bonds is 6. The lowest BCUT2D eigenvalue weighted by Crippen LogP contribution is -2.41. The topological polar surface area (TPSA) is 86.0 Å². The van der Waals surface area contributed by atoms with Crippen molar-refractivity contribution in [2.75, 3.05) is 0 Å². The van der Waals surface area contributed by atoms with E-state index in [4.69, 9.17) is 4.74 Å². The number of nitrogens with one attached hydrogen (secondary N) is 2. The highest BCUT2D eigenvalue weighted by atomic mass is 16.5. The van der Waals surface area contributed by atoms with Crippen LogP contribution in [0.1, 0.15) is 49.4 Å². The zero-order valence-corrected chi connectivity index (χ0v) is 19.5. The molecule has 1 aromatic heterocycles. The first-order valence-corrected chi connectivity index (χ1v) is 10.8. The van der Waals surface area contributed by atoms with Gasteiger partial charge in [0.1, 0.15) is 12.4 Å². The van der Waals surface area contributed by atoms with Crippen molar-refractivity contribution in [1.29, 1.82) is 0 Å². The van der Waals surface area contributed by atoms with Gasteiger partial charge in [0.2, 0.25) is 0 Å². The van der Waals surface area contributed by atoms with Crippen LogP contribution in [0, 0.1) is 13.8 Å². The molecule has 0 amide bonds. The van der Waals surface area contributed by atoms with Gasteiger partial charge in [-0.15, -0.1) is 0 Å². The highest BCUT2D eigenvalue weighted by molar-refractivity contribution is 5.47. The third-order valence-electron chi connectivity index (χ3n) is 6.37. The van der Waals surface area contributed by atoms with E-state index >= 15 is 0 Å². The number of nitrogens with zero attached hydrogens (tertiary/aromatic N) is 4. The van der Waals surface area contributed by atoms with E-state index < -0.39 is 0 Å². The Bertz CT molecular complexity index is 1260. The number of ether oxygens (including phenoxy) is 1. The molecule has 32 heavy (non-hydrogen) atoms. The van der Waals surface area contributed by atoms with Crippen LogP contribution >= 0.6 is 0 Å². The number of benzene rings is 2. The van der Waals surface area contributed by atoms with Gasteiger partial charge in [-0.3, -0.25) is 0 Å². The molecule has 8 heteroatoms. The van der Waals surface area contributed by atoms with Crippen LogP contribution in [-0.4, -0.2) is 19.8 Å². The standard InChI is InChI=1S/C24H30N6O2/c1-7-20-17(4)25-26-24(20,5)18-11-12-22(16(3)13-18)32-14-19-15(2)9-8-10-21(19)30-23(31)29(6)27-28-30/h8-13,25-26H,7,14H2,1-6H3. The third kappa shape index (κ3) is 3.60. The Hall–Kier alpha value is -3.39. The van der Waals surface area contributed by atoms with E-state index in [1.54, 1.807) is 7.05 Å². The van der Waals surface area contributed by atoms with Gasteiger partial charge < -0.3 is 10.2 Å². The lowest BCUT2D eigenvalue weighted by Gasteiger charge is -2.28. The van der Waals surface area contributed by atoms with Crippen LogP contribution in [0.25, 0.3) is 5.69 Å². The summed E-state index contributed by atoms with van der Waals surface area (Å²) in [7, 11) is 1.58. The maximum Gasteiger partial charge on any atom is 0.368 e. The SMILES string of the molecule is CCC1=C(C)NNC1(C)c1ccc(OCc2c(C)cccc2-n2nnn(C)c2=O)c(C)c1. The van der Waals surface area contributed by atoms with Crippen molar-refractivity contribution in [3.05, 3.63) is 80.4 Å². The Morgan fingerprint density at radius 2 is 1.88 bits per heavy atom. The summed E-state index contributed by atoms with van der Waals surface area (Å²) >= 11 is 0. The Morgan fingerprint density at radius 1 is 1.09 bits per heavy atom. The lowest BCUT2D eigenvalue weighted by molar-refractivity contribution is 0.302. The first-order valence-electron chi connectivity index (χ1n) is 10.8. The Kier molecular flexibility index (Phi) is 5.64. The van der Waals surface area contributed by atoms with E-state index in [-0.39, 0.29) is 11.2 Å². The van der Waals surface area contributed by atoms with Crippen molar-refractivity contribution in [1.82, 2.24) is 30.6 Å². The zero-order valence-electron chi connectivity index (χ0n) is 19.5. The highest BCUT2D eigenvalue weighted by Crippen LogP contribution is 2.37. The largest absolute Gasteiger partial charge is 0.489 e. The quantitative estimate of drug-likeness (QED) is 0.620. The molecule has 4 rings (SSSR count). The van der Waals surface area contributed by atoms with E-state index in [1.165, 1.54) is 26.2 Å². The van der Waals surface area contributed by atoms with Crippen molar-refractivity contribution in [2.24, 2.45) is 7.05 Å². The number of hydrogen-bond acceptors (Lipinski definition) is 6.